The van der Waals surface area contributed by atoms with E-state index in [1.165, 1.54) is 6.07 Å². The van der Waals surface area contributed by atoms with Gasteiger partial charge >= 0.3 is 5.97 Å². The number of rotatable bonds is 3. The molecule has 0 radical (unpaired) electrons. The van der Waals surface area contributed by atoms with Gasteiger partial charge in [0.05, 0.1) is 10.6 Å². The molecule has 1 atom stereocenters. The molecule has 0 saturated carbocycles. The van der Waals surface area contributed by atoms with E-state index in [0.29, 0.717) is 17.1 Å². The second-order valence-corrected chi connectivity index (χ2v) is 6.81. The third kappa shape index (κ3) is 3.21. The van der Waals surface area contributed by atoms with Gasteiger partial charge in [0, 0.05) is 29.2 Å². The standard InChI is InChI=1S/C17H14BrClFNO2/c18-14-5-4-11(8-15(14)19)21-7-6-10(9-21)12-2-1-3-13(16(12)20)17(22)23/h1-5,8,10H,6-7,9H2,(H,22,23). The van der Waals surface area contributed by atoms with Crippen LogP contribution in [0.25, 0.3) is 0 Å². The molecule has 1 aliphatic heterocycles. The molecule has 6 heteroatoms. The van der Waals surface area contributed by atoms with Gasteiger partial charge < -0.3 is 10.0 Å². The van der Waals surface area contributed by atoms with E-state index in [4.69, 9.17) is 16.7 Å². The normalized spacial score (nSPS) is 17.5. The third-order valence-corrected chi connectivity index (χ3v) is 5.39. The highest BCUT2D eigenvalue weighted by Gasteiger charge is 2.28. The molecule has 120 valence electrons. The molecule has 1 fully saturated rings. The van der Waals surface area contributed by atoms with Crippen molar-refractivity contribution in [1.29, 1.82) is 0 Å². The van der Waals surface area contributed by atoms with Crippen molar-refractivity contribution in [3.05, 3.63) is 62.8 Å². The first-order chi connectivity index (χ1) is 11.0. The van der Waals surface area contributed by atoms with Crippen LogP contribution >= 0.6 is 27.5 Å². The highest BCUT2D eigenvalue weighted by Crippen LogP contribution is 2.35. The summed E-state index contributed by atoms with van der Waals surface area (Å²) in [6, 6.07) is 10.3. The van der Waals surface area contributed by atoms with Crippen LogP contribution < -0.4 is 4.90 Å². The first-order valence-corrected chi connectivity index (χ1v) is 8.36. The Morgan fingerprint density at radius 2 is 2.13 bits per heavy atom. The minimum Gasteiger partial charge on any atom is -0.478 e. The summed E-state index contributed by atoms with van der Waals surface area (Å²) in [4.78, 5) is 13.2. The van der Waals surface area contributed by atoms with E-state index in [1.54, 1.807) is 12.1 Å². The number of anilines is 1. The Hall–Kier alpha value is -1.59. The van der Waals surface area contributed by atoms with Crippen molar-refractivity contribution in [2.75, 3.05) is 18.0 Å². The molecule has 1 unspecified atom stereocenters. The summed E-state index contributed by atoms with van der Waals surface area (Å²) in [5.41, 5.74) is 1.18. The fourth-order valence-electron chi connectivity index (χ4n) is 2.96. The molecular formula is C17H14BrClFNO2. The molecule has 0 aromatic heterocycles. The molecule has 0 bridgehead atoms. The highest BCUT2D eigenvalue weighted by molar-refractivity contribution is 9.10. The van der Waals surface area contributed by atoms with E-state index < -0.39 is 11.8 Å². The number of hydrogen-bond donors (Lipinski definition) is 1. The summed E-state index contributed by atoms with van der Waals surface area (Å²) in [5, 5.41) is 9.68. The SMILES string of the molecule is O=C(O)c1cccc(C2CCN(c3ccc(Br)c(Cl)c3)C2)c1F. The molecule has 3 nitrogen and oxygen atoms in total. The van der Waals surface area contributed by atoms with Crippen LogP contribution in [0.1, 0.15) is 28.3 Å². The summed E-state index contributed by atoms with van der Waals surface area (Å²) in [6.07, 6.45) is 0.772. The quantitative estimate of drug-likeness (QED) is 0.796. The van der Waals surface area contributed by atoms with Gasteiger partial charge in [0.25, 0.3) is 0 Å². The number of benzene rings is 2. The van der Waals surface area contributed by atoms with Gasteiger partial charge in [-0.2, -0.15) is 0 Å². The topological polar surface area (TPSA) is 40.5 Å². The monoisotopic (exact) mass is 397 g/mol. The Balaban J connectivity index is 1.84. The van der Waals surface area contributed by atoms with Gasteiger partial charge in [-0.3, -0.25) is 0 Å². The first-order valence-electron chi connectivity index (χ1n) is 7.19. The zero-order valence-electron chi connectivity index (χ0n) is 12.1. The molecule has 2 aromatic rings. The van der Waals surface area contributed by atoms with E-state index >= 15 is 0 Å². The minimum atomic E-state index is -1.24. The maximum atomic E-state index is 14.4. The lowest BCUT2D eigenvalue weighted by Gasteiger charge is -2.19. The predicted octanol–water partition coefficient (Wildman–Crippen LogP) is 4.93. The Kier molecular flexibility index (Phi) is 4.60. The zero-order chi connectivity index (χ0) is 16.6. The Morgan fingerprint density at radius 3 is 2.83 bits per heavy atom. The Labute approximate surface area is 146 Å². The van der Waals surface area contributed by atoms with Crippen molar-refractivity contribution < 1.29 is 14.3 Å². The maximum Gasteiger partial charge on any atom is 0.338 e. The maximum absolute atomic E-state index is 14.4. The number of aromatic carboxylic acids is 1. The van der Waals surface area contributed by atoms with Crippen LogP contribution in [0, 0.1) is 5.82 Å². The summed E-state index contributed by atoms with van der Waals surface area (Å²) in [5.74, 6) is -1.89. The second kappa shape index (κ2) is 6.49. The average Bonchev–Trinajstić information content (AvgIpc) is 2.99. The van der Waals surface area contributed by atoms with Gasteiger partial charge in [-0.15, -0.1) is 0 Å². The number of carboxylic acid groups (broad SMARTS) is 1. The van der Waals surface area contributed by atoms with Crippen molar-refractivity contribution in [3.8, 4) is 0 Å². The summed E-state index contributed by atoms with van der Waals surface area (Å²) >= 11 is 9.49. The average molecular weight is 399 g/mol. The molecule has 0 aliphatic carbocycles. The largest absolute Gasteiger partial charge is 0.478 e. The smallest absolute Gasteiger partial charge is 0.338 e. The van der Waals surface area contributed by atoms with Gasteiger partial charge in [0.1, 0.15) is 5.82 Å². The molecule has 0 amide bonds. The first kappa shape index (κ1) is 16.3. The minimum absolute atomic E-state index is 0.0308. The lowest BCUT2D eigenvalue weighted by molar-refractivity contribution is 0.0691. The van der Waals surface area contributed by atoms with Crippen LogP contribution in [0.4, 0.5) is 10.1 Å². The molecule has 1 N–H and O–H groups in total. The van der Waals surface area contributed by atoms with Gasteiger partial charge in [0.15, 0.2) is 0 Å². The van der Waals surface area contributed by atoms with Crippen molar-refractivity contribution in [2.45, 2.75) is 12.3 Å². The zero-order valence-corrected chi connectivity index (χ0v) is 14.4. The van der Waals surface area contributed by atoms with E-state index in [-0.39, 0.29) is 11.5 Å². The van der Waals surface area contributed by atoms with Crippen LogP contribution in [0.15, 0.2) is 40.9 Å². The molecule has 2 aromatic carbocycles. The number of nitrogens with zero attached hydrogens (tertiary/aromatic N) is 1. The molecule has 23 heavy (non-hydrogen) atoms. The van der Waals surface area contributed by atoms with Crippen molar-refractivity contribution >= 4 is 39.2 Å². The van der Waals surface area contributed by atoms with E-state index in [1.807, 2.05) is 18.2 Å². The Morgan fingerprint density at radius 1 is 1.35 bits per heavy atom. The van der Waals surface area contributed by atoms with Gasteiger partial charge in [-0.05, 0) is 52.2 Å². The predicted molar refractivity (Wildman–Crippen MR) is 92.1 cm³/mol. The van der Waals surface area contributed by atoms with Crippen LogP contribution in [0.2, 0.25) is 5.02 Å². The highest BCUT2D eigenvalue weighted by atomic mass is 79.9. The van der Waals surface area contributed by atoms with Crippen molar-refractivity contribution in [1.82, 2.24) is 0 Å². The number of halogens is 3. The van der Waals surface area contributed by atoms with Crippen molar-refractivity contribution in [3.63, 3.8) is 0 Å². The van der Waals surface area contributed by atoms with Crippen LogP contribution in [0.3, 0.4) is 0 Å². The molecule has 3 rings (SSSR count). The molecular weight excluding hydrogens is 385 g/mol. The molecule has 1 heterocycles. The lowest BCUT2D eigenvalue weighted by Crippen LogP contribution is -2.19. The van der Waals surface area contributed by atoms with Gasteiger partial charge in [-0.25, -0.2) is 9.18 Å². The number of hydrogen-bond acceptors (Lipinski definition) is 2. The van der Waals surface area contributed by atoms with Crippen molar-refractivity contribution in [2.24, 2.45) is 0 Å². The van der Waals surface area contributed by atoms with Crippen LogP contribution in [-0.2, 0) is 0 Å². The molecule has 1 aliphatic rings. The summed E-state index contributed by atoms with van der Waals surface area (Å²) in [7, 11) is 0. The van der Waals surface area contributed by atoms with E-state index in [2.05, 4.69) is 20.8 Å². The third-order valence-electron chi connectivity index (χ3n) is 4.16. The fraction of sp³-hybridized carbons (Fsp3) is 0.235. The van der Waals surface area contributed by atoms with Crippen LogP contribution in [-0.4, -0.2) is 24.2 Å². The molecule has 0 spiro atoms. The fourth-order valence-corrected chi connectivity index (χ4v) is 3.38. The molecule has 1 saturated heterocycles. The summed E-state index contributed by atoms with van der Waals surface area (Å²) in [6.45, 7) is 1.41. The van der Waals surface area contributed by atoms with Gasteiger partial charge in [-0.1, -0.05) is 23.7 Å². The second-order valence-electron chi connectivity index (χ2n) is 5.54. The van der Waals surface area contributed by atoms with Crippen LogP contribution in [0.5, 0.6) is 0 Å². The number of carboxylic acids is 1. The lowest BCUT2D eigenvalue weighted by atomic mass is 9.96. The van der Waals surface area contributed by atoms with E-state index in [9.17, 15) is 9.18 Å². The summed E-state index contributed by atoms with van der Waals surface area (Å²) < 4.78 is 15.2. The van der Waals surface area contributed by atoms with E-state index in [0.717, 1.165) is 23.1 Å². The Bertz CT molecular complexity index is 768. The van der Waals surface area contributed by atoms with Gasteiger partial charge in [0.2, 0.25) is 0 Å². The number of carbonyl (C=O) groups is 1.